The fourth-order valence-electron chi connectivity index (χ4n) is 4.86. The monoisotopic (exact) mass is 295 g/mol. The normalized spacial score (nSPS) is 41.5. The first kappa shape index (κ1) is 15.3. The second-order valence-electron chi connectivity index (χ2n) is 7.07. The summed E-state index contributed by atoms with van der Waals surface area (Å²) in [4.78, 5) is 14.2. The zero-order chi connectivity index (χ0) is 14.8. The predicted molar refractivity (Wildman–Crippen MR) is 81.3 cm³/mol. The molecule has 1 N–H and O–H groups in total. The van der Waals surface area contributed by atoms with Gasteiger partial charge in [0.2, 0.25) is 0 Å². The molecule has 5 atom stereocenters. The van der Waals surface area contributed by atoms with E-state index in [1.165, 1.54) is 25.7 Å². The number of aliphatic carboxylic acids is 1. The maximum atomic E-state index is 11.8. The van der Waals surface area contributed by atoms with E-state index in [-0.39, 0.29) is 6.04 Å². The number of nitrogens with zero attached hydrogens (tertiary/aromatic N) is 1. The van der Waals surface area contributed by atoms with Gasteiger partial charge in [-0.15, -0.1) is 0 Å². The number of carboxylic acids is 1. The van der Waals surface area contributed by atoms with Crippen molar-refractivity contribution < 1.29 is 14.6 Å². The number of likely N-dealkylation sites (tertiary alicyclic amines) is 1. The lowest BCUT2D eigenvalue weighted by Gasteiger charge is -2.52. The third kappa shape index (κ3) is 3.11. The molecule has 2 aliphatic heterocycles. The van der Waals surface area contributed by atoms with Crippen molar-refractivity contribution in [2.24, 2.45) is 5.92 Å². The van der Waals surface area contributed by atoms with Crippen molar-refractivity contribution in [2.45, 2.75) is 88.9 Å². The van der Waals surface area contributed by atoms with Gasteiger partial charge in [-0.25, -0.2) is 0 Å². The zero-order valence-electron chi connectivity index (χ0n) is 13.2. The quantitative estimate of drug-likeness (QED) is 0.869. The molecule has 2 heterocycles. The van der Waals surface area contributed by atoms with Gasteiger partial charge < -0.3 is 9.84 Å². The Bertz CT molecular complexity index is 373. The minimum absolute atomic E-state index is 0.259. The van der Waals surface area contributed by atoms with Gasteiger partial charge in [-0.1, -0.05) is 19.8 Å². The molecule has 1 saturated carbocycles. The molecule has 21 heavy (non-hydrogen) atoms. The van der Waals surface area contributed by atoms with Crippen molar-refractivity contribution in [1.82, 2.24) is 4.90 Å². The Kier molecular flexibility index (Phi) is 4.85. The standard InChI is InChI=1S/C17H29NO3/c1-2-14-11-13(9-10-21-14)18-15-6-4-3-5-12(15)7-8-16(18)17(19)20/h12-16H,2-11H2,1H3,(H,19,20). The molecule has 0 spiro atoms. The molecule has 5 unspecified atom stereocenters. The average Bonchev–Trinajstić information content (AvgIpc) is 2.53. The summed E-state index contributed by atoms with van der Waals surface area (Å²) in [5.74, 6) is 0.121. The van der Waals surface area contributed by atoms with Crippen LogP contribution in [0.2, 0.25) is 0 Å². The second-order valence-corrected chi connectivity index (χ2v) is 7.07. The molecular formula is C17H29NO3. The Morgan fingerprint density at radius 1 is 1.19 bits per heavy atom. The summed E-state index contributed by atoms with van der Waals surface area (Å²) in [5.41, 5.74) is 0. The molecule has 120 valence electrons. The highest BCUT2D eigenvalue weighted by atomic mass is 16.5. The van der Waals surface area contributed by atoms with Gasteiger partial charge in [0, 0.05) is 18.7 Å². The first-order valence-electron chi connectivity index (χ1n) is 8.82. The van der Waals surface area contributed by atoms with Gasteiger partial charge in [0.15, 0.2) is 0 Å². The van der Waals surface area contributed by atoms with Gasteiger partial charge in [0.1, 0.15) is 6.04 Å². The first-order chi connectivity index (χ1) is 10.2. The molecule has 1 aliphatic carbocycles. The molecule has 0 amide bonds. The average molecular weight is 295 g/mol. The Hall–Kier alpha value is -0.610. The van der Waals surface area contributed by atoms with Crippen LogP contribution in [0.4, 0.5) is 0 Å². The molecule has 0 aromatic heterocycles. The van der Waals surface area contributed by atoms with Crippen molar-refractivity contribution in [1.29, 1.82) is 0 Å². The summed E-state index contributed by atoms with van der Waals surface area (Å²) < 4.78 is 5.81. The lowest BCUT2D eigenvalue weighted by molar-refractivity contribution is -0.154. The summed E-state index contributed by atoms with van der Waals surface area (Å²) in [6.07, 6.45) is 10.4. The number of carboxylic acid groups (broad SMARTS) is 1. The van der Waals surface area contributed by atoms with Crippen LogP contribution in [0.5, 0.6) is 0 Å². The van der Waals surface area contributed by atoms with Crippen LogP contribution in [0.25, 0.3) is 0 Å². The first-order valence-corrected chi connectivity index (χ1v) is 8.82. The minimum atomic E-state index is -0.612. The van der Waals surface area contributed by atoms with Crippen molar-refractivity contribution in [2.75, 3.05) is 6.61 Å². The Morgan fingerprint density at radius 3 is 2.76 bits per heavy atom. The molecule has 3 rings (SSSR count). The van der Waals surface area contributed by atoms with Crippen molar-refractivity contribution in [3.63, 3.8) is 0 Å². The highest BCUT2D eigenvalue weighted by Gasteiger charge is 2.45. The zero-order valence-corrected chi connectivity index (χ0v) is 13.2. The van der Waals surface area contributed by atoms with E-state index in [0.717, 1.165) is 44.6 Å². The van der Waals surface area contributed by atoms with Gasteiger partial charge in [0.25, 0.3) is 0 Å². The van der Waals surface area contributed by atoms with E-state index in [4.69, 9.17) is 4.74 Å². The summed E-state index contributed by atoms with van der Waals surface area (Å²) in [5, 5.41) is 9.68. The number of carbonyl (C=O) groups is 1. The molecule has 4 heteroatoms. The Labute approximate surface area is 127 Å². The highest BCUT2D eigenvalue weighted by Crippen LogP contribution is 2.41. The van der Waals surface area contributed by atoms with Crippen molar-refractivity contribution in [3.05, 3.63) is 0 Å². The summed E-state index contributed by atoms with van der Waals surface area (Å²) >= 11 is 0. The molecule has 3 fully saturated rings. The topological polar surface area (TPSA) is 49.8 Å². The lowest BCUT2D eigenvalue weighted by atomic mass is 9.75. The number of ether oxygens (including phenoxy) is 1. The van der Waals surface area contributed by atoms with Crippen LogP contribution < -0.4 is 0 Å². The summed E-state index contributed by atoms with van der Waals surface area (Å²) in [6.45, 7) is 2.96. The smallest absolute Gasteiger partial charge is 0.320 e. The van der Waals surface area contributed by atoms with Crippen LogP contribution >= 0.6 is 0 Å². The third-order valence-corrected chi connectivity index (χ3v) is 5.92. The predicted octanol–water partition coefficient (Wildman–Crippen LogP) is 3.05. The van der Waals surface area contributed by atoms with Crippen LogP contribution in [0.1, 0.15) is 64.7 Å². The lowest BCUT2D eigenvalue weighted by Crippen LogP contribution is -2.60. The Balaban J connectivity index is 1.80. The number of hydrogen-bond acceptors (Lipinski definition) is 3. The fraction of sp³-hybridized carbons (Fsp3) is 0.941. The van der Waals surface area contributed by atoms with E-state index >= 15 is 0 Å². The molecule has 0 radical (unpaired) electrons. The molecule has 2 saturated heterocycles. The summed E-state index contributed by atoms with van der Waals surface area (Å²) in [6, 6.07) is 0.662. The van der Waals surface area contributed by atoms with E-state index < -0.39 is 5.97 Å². The van der Waals surface area contributed by atoms with E-state index in [9.17, 15) is 9.90 Å². The number of piperidine rings is 1. The van der Waals surface area contributed by atoms with Crippen LogP contribution in [-0.4, -0.2) is 46.8 Å². The number of fused-ring (bicyclic) bond motifs is 1. The van der Waals surface area contributed by atoms with E-state index in [1.807, 2.05) is 0 Å². The Morgan fingerprint density at radius 2 is 2.00 bits per heavy atom. The van der Waals surface area contributed by atoms with Gasteiger partial charge >= 0.3 is 5.97 Å². The molecule has 0 aromatic carbocycles. The fourth-order valence-corrected chi connectivity index (χ4v) is 4.86. The molecule has 0 bridgehead atoms. The molecular weight excluding hydrogens is 266 g/mol. The van der Waals surface area contributed by atoms with Crippen LogP contribution in [0.15, 0.2) is 0 Å². The van der Waals surface area contributed by atoms with E-state index in [0.29, 0.717) is 18.2 Å². The van der Waals surface area contributed by atoms with Crippen molar-refractivity contribution in [3.8, 4) is 0 Å². The van der Waals surface area contributed by atoms with Gasteiger partial charge in [-0.2, -0.15) is 0 Å². The number of hydrogen-bond donors (Lipinski definition) is 1. The molecule has 3 aliphatic rings. The van der Waals surface area contributed by atoms with E-state index in [2.05, 4.69) is 11.8 Å². The van der Waals surface area contributed by atoms with Crippen LogP contribution in [0.3, 0.4) is 0 Å². The van der Waals surface area contributed by atoms with E-state index in [1.54, 1.807) is 0 Å². The molecule has 0 aromatic rings. The second kappa shape index (κ2) is 6.66. The minimum Gasteiger partial charge on any atom is -0.480 e. The molecule has 4 nitrogen and oxygen atoms in total. The maximum absolute atomic E-state index is 11.8. The van der Waals surface area contributed by atoms with Gasteiger partial charge in [-0.05, 0) is 50.9 Å². The largest absolute Gasteiger partial charge is 0.480 e. The van der Waals surface area contributed by atoms with Gasteiger partial charge in [-0.3, -0.25) is 9.69 Å². The SMILES string of the molecule is CCC1CC(N2C(C(=O)O)CCC3CCCCC32)CCO1. The van der Waals surface area contributed by atoms with Crippen molar-refractivity contribution >= 4 is 5.97 Å². The van der Waals surface area contributed by atoms with Crippen LogP contribution in [-0.2, 0) is 9.53 Å². The van der Waals surface area contributed by atoms with Gasteiger partial charge in [0.05, 0.1) is 6.10 Å². The number of rotatable bonds is 3. The third-order valence-electron chi connectivity index (χ3n) is 5.92. The highest BCUT2D eigenvalue weighted by molar-refractivity contribution is 5.73. The van der Waals surface area contributed by atoms with Crippen LogP contribution in [0, 0.1) is 5.92 Å². The summed E-state index contributed by atoms with van der Waals surface area (Å²) in [7, 11) is 0. The maximum Gasteiger partial charge on any atom is 0.320 e.